The fraction of sp³-hybridized carbons (Fsp3) is 0.250. The molecule has 2 heterocycles. The van der Waals surface area contributed by atoms with Gasteiger partial charge in [0, 0.05) is 22.1 Å². The van der Waals surface area contributed by atoms with E-state index in [1.165, 1.54) is 23.3 Å². The second kappa shape index (κ2) is 8.32. The number of carbonyl (C=O) groups is 1. The van der Waals surface area contributed by atoms with Crippen molar-refractivity contribution in [3.63, 3.8) is 0 Å². The van der Waals surface area contributed by atoms with Gasteiger partial charge in [0.1, 0.15) is 21.5 Å². The van der Waals surface area contributed by atoms with Crippen LogP contribution in [0.15, 0.2) is 42.5 Å². The number of aryl methyl sites for hydroxylation is 1. The van der Waals surface area contributed by atoms with Crippen LogP contribution in [0.4, 0.5) is 5.00 Å². The molecule has 0 unspecified atom stereocenters. The Morgan fingerprint density at radius 2 is 1.74 bits per heavy atom. The van der Waals surface area contributed by atoms with Gasteiger partial charge in [-0.05, 0) is 55.5 Å². The van der Waals surface area contributed by atoms with Gasteiger partial charge in [-0.3, -0.25) is 4.79 Å². The Morgan fingerprint density at radius 1 is 1.00 bits per heavy atom. The number of nitrogens with zero attached hydrogens (tertiary/aromatic N) is 1. The van der Waals surface area contributed by atoms with Crippen molar-refractivity contribution in [3.05, 3.63) is 58.5 Å². The van der Waals surface area contributed by atoms with E-state index in [0.717, 1.165) is 38.6 Å². The van der Waals surface area contributed by atoms with Gasteiger partial charge in [-0.15, -0.1) is 22.7 Å². The third-order valence-corrected chi connectivity index (χ3v) is 7.78. The van der Waals surface area contributed by atoms with E-state index in [1.807, 2.05) is 18.2 Å². The van der Waals surface area contributed by atoms with Crippen molar-refractivity contribution in [1.29, 1.82) is 0 Å². The molecule has 0 atom stereocenters. The van der Waals surface area contributed by atoms with Crippen molar-refractivity contribution < 1.29 is 14.3 Å². The van der Waals surface area contributed by atoms with Gasteiger partial charge in [-0.2, -0.15) is 0 Å². The molecule has 5 nitrogen and oxygen atoms in total. The van der Waals surface area contributed by atoms with E-state index in [-0.39, 0.29) is 5.91 Å². The third kappa shape index (κ3) is 3.79. The zero-order valence-corrected chi connectivity index (χ0v) is 19.0. The van der Waals surface area contributed by atoms with Crippen molar-refractivity contribution in [1.82, 2.24) is 4.98 Å². The number of thiazole rings is 1. The molecule has 5 rings (SSSR count). The van der Waals surface area contributed by atoms with Crippen LogP contribution < -0.4 is 14.8 Å². The van der Waals surface area contributed by atoms with Crippen LogP contribution in [0.25, 0.3) is 20.8 Å². The molecule has 4 aromatic rings. The molecule has 1 aliphatic rings. The second-order valence-electron chi connectivity index (χ2n) is 7.46. The third-order valence-electron chi connectivity index (χ3n) is 5.52. The number of thiophene rings is 1. The molecule has 7 heteroatoms. The van der Waals surface area contributed by atoms with E-state index in [1.54, 1.807) is 55.1 Å². The van der Waals surface area contributed by atoms with Crippen molar-refractivity contribution in [2.24, 2.45) is 0 Å². The maximum Gasteiger partial charge on any atom is 0.256 e. The number of amides is 1. The van der Waals surface area contributed by atoms with E-state index in [9.17, 15) is 4.79 Å². The number of fused-ring (bicyclic) bond motifs is 2. The number of methoxy groups -OCH3 is 2. The summed E-state index contributed by atoms with van der Waals surface area (Å²) in [5.41, 5.74) is 3.92. The first-order valence-corrected chi connectivity index (χ1v) is 11.8. The van der Waals surface area contributed by atoms with Crippen LogP contribution in [0.5, 0.6) is 11.5 Å². The number of rotatable bonds is 5. The van der Waals surface area contributed by atoms with Crippen LogP contribution in [0, 0.1) is 0 Å². The highest BCUT2D eigenvalue weighted by molar-refractivity contribution is 7.23. The minimum Gasteiger partial charge on any atom is -0.497 e. The number of para-hydroxylation sites is 1. The summed E-state index contributed by atoms with van der Waals surface area (Å²) in [6.45, 7) is 0. The van der Waals surface area contributed by atoms with Crippen molar-refractivity contribution in [2.75, 3.05) is 19.5 Å². The van der Waals surface area contributed by atoms with E-state index in [2.05, 4.69) is 11.4 Å². The molecule has 0 aliphatic heterocycles. The Labute approximate surface area is 188 Å². The van der Waals surface area contributed by atoms with Crippen LogP contribution in [0.2, 0.25) is 0 Å². The van der Waals surface area contributed by atoms with Crippen LogP contribution in [-0.2, 0) is 12.8 Å². The Morgan fingerprint density at radius 3 is 2.48 bits per heavy atom. The SMILES string of the molecule is COc1cc(OC)cc(C(=O)Nc2sc3c(c2-c2nc4ccccc4s2)CCCC3)c1. The molecule has 158 valence electrons. The Bertz CT molecular complexity index is 1220. The summed E-state index contributed by atoms with van der Waals surface area (Å²) < 4.78 is 11.8. The summed E-state index contributed by atoms with van der Waals surface area (Å²) in [4.78, 5) is 19.4. The lowest BCUT2D eigenvalue weighted by Crippen LogP contribution is -2.12. The number of carbonyl (C=O) groups excluding carboxylic acids is 1. The van der Waals surface area contributed by atoms with Crippen LogP contribution in [-0.4, -0.2) is 25.1 Å². The highest BCUT2D eigenvalue weighted by Crippen LogP contribution is 2.46. The van der Waals surface area contributed by atoms with Gasteiger partial charge in [0.2, 0.25) is 0 Å². The quantitative estimate of drug-likeness (QED) is 0.395. The van der Waals surface area contributed by atoms with Gasteiger partial charge in [-0.1, -0.05) is 12.1 Å². The molecule has 0 radical (unpaired) electrons. The lowest BCUT2D eigenvalue weighted by Gasteiger charge is -2.12. The molecule has 0 saturated heterocycles. The molecule has 2 aromatic carbocycles. The fourth-order valence-electron chi connectivity index (χ4n) is 3.97. The Kier molecular flexibility index (Phi) is 5.38. The van der Waals surface area contributed by atoms with Crippen LogP contribution >= 0.6 is 22.7 Å². The van der Waals surface area contributed by atoms with E-state index in [0.29, 0.717) is 17.1 Å². The van der Waals surface area contributed by atoms with Crippen molar-refractivity contribution in [2.45, 2.75) is 25.7 Å². The number of aromatic nitrogens is 1. The summed E-state index contributed by atoms with van der Waals surface area (Å²) in [6, 6.07) is 13.4. The number of hydrogen-bond donors (Lipinski definition) is 1. The smallest absolute Gasteiger partial charge is 0.256 e. The molecular formula is C24H22N2O3S2. The number of nitrogens with one attached hydrogen (secondary N) is 1. The largest absolute Gasteiger partial charge is 0.497 e. The van der Waals surface area contributed by atoms with E-state index >= 15 is 0 Å². The number of hydrogen-bond acceptors (Lipinski definition) is 6. The van der Waals surface area contributed by atoms with Gasteiger partial charge in [-0.25, -0.2) is 4.98 Å². The standard InChI is InChI=1S/C24H22N2O3S2/c1-28-15-11-14(12-16(13-15)29-2)22(27)26-24-21(17-7-3-5-9-19(17)30-24)23-25-18-8-4-6-10-20(18)31-23/h4,6,8,10-13H,3,5,7,9H2,1-2H3,(H,26,27). The highest BCUT2D eigenvalue weighted by atomic mass is 32.1. The normalized spacial score (nSPS) is 13.1. The first-order chi connectivity index (χ1) is 15.2. The first kappa shape index (κ1) is 20.0. The molecule has 0 bridgehead atoms. The van der Waals surface area contributed by atoms with Crippen molar-refractivity contribution in [3.8, 4) is 22.1 Å². The summed E-state index contributed by atoms with van der Waals surface area (Å²) in [5, 5.41) is 5.01. The highest BCUT2D eigenvalue weighted by Gasteiger charge is 2.25. The van der Waals surface area contributed by atoms with Gasteiger partial charge in [0.15, 0.2) is 0 Å². The van der Waals surface area contributed by atoms with Gasteiger partial charge >= 0.3 is 0 Å². The average molecular weight is 451 g/mol. The molecule has 1 amide bonds. The van der Waals surface area contributed by atoms with Gasteiger partial charge < -0.3 is 14.8 Å². The maximum atomic E-state index is 13.2. The zero-order valence-electron chi connectivity index (χ0n) is 17.4. The molecular weight excluding hydrogens is 428 g/mol. The average Bonchev–Trinajstić information content (AvgIpc) is 3.39. The second-order valence-corrected chi connectivity index (χ2v) is 9.59. The minimum atomic E-state index is -0.182. The van der Waals surface area contributed by atoms with Gasteiger partial charge in [0.25, 0.3) is 5.91 Å². The topological polar surface area (TPSA) is 60.5 Å². The lowest BCUT2D eigenvalue weighted by atomic mass is 9.95. The molecule has 0 fully saturated rings. The summed E-state index contributed by atoms with van der Waals surface area (Å²) in [5.74, 6) is 0.987. The number of ether oxygens (including phenoxy) is 2. The van der Waals surface area contributed by atoms with E-state index in [4.69, 9.17) is 14.5 Å². The molecule has 31 heavy (non-hydrogen) atoms. The zero-order chi connectivity index (χ0) is 21.4. The molecule has 0 saturated carbocycles. The molecule has 1 N–H and O–H groups in total. The first-order valence-electron chi connectivity index (χ1n) is 10.2. The van der Waals surface area contributed by atoms with Gasteiger partial charge in [0.05, 0.1) is 24.4 Å². The predicted octanol–water partition coefficient (Wildman–Crippen LogP) is 6.17. The number of benzene rings is 2. The van der Waals surface area contributed by atoms with Crippen LogP contribution in [0.3, 0.4) is 0 Å². The monoisotopic (exact) mass is 450 g/mol. The molecule has 2 aromatic heterocycles. The number of anilines is 1. The Hall–Kier alpha value is -2.90. The predicted molar refractivity (Wildman–Crippen MR) is 127 cm³/mol. The summed E-state index contributed by atoms with van der Waals surface area (Å²) in [6.07, 6.45) is 4.44. The van der Waals surface area contributed by atoms with E-state index < -0.39 is 0 Å². The molecule has 0 spiro atoms. The lowest BCUT2D eigenvalue weighted by molar-refractivity contribution is 0.102. The fourth-order valence-corrected chi connectivity index (χ4v) is 6.37. The maximum absolute atomic E-state index is 13.2. The summed E-state index contributed by atoms with van der Waals surface area (Å²) in [7, 11) is 3.16. The molecule has 1 aliphatic carbocycles. The summed E-state index contributed by atoms with van der Waals surface area (Å²) >= 11 is 3.36. The Balaban J connectivity index is 1.57. The minimum absolute atomic E-state index is 0.182. The van der Waals surface area contributed by atoms with Crippen molar-refractivity contribution >= 4 is 43.8 Å². The van der Waals surface area contributed by atoms with Crippen LogP contribution in [0.1, 0.15) is 33.6 Å².